The van der Waals surface area contributed by atoms with Crippen molar-refractivity contribution in [1.82, 2.24) is 4.72 Å². The van der Waals surface area contributed by atoms with Gasteiger partial charge in [-0.2, -0.15) is 0 Å². The van der Waals surface area contributed by atoms with Gasteiger partial charge >= 0.3 is 0 Å². The lowest BCUT2D eigenvalue weighted by molar-refractivity contribution is 0.399. The molecule has 6 heteroatoms. The maximum absolute atomic E-state index is 12.6. The van der Waals surface area contributed by atoms with E-state index in [-0.39, 0.29) is 12.4 Å². The summed E-state index contributed by atoms with van der Waals surface area (Å²) in [5.74, 6) is 0. The van der Waals surface area contributed by atoms with Gasteiger partial charge in [0.25, 0.3) is 0 Å². The largest absolute Gasteiger partial charge is 0.329 e. The van der Waals surface area contributed by atoms with Crippen molar-refractivity contribution in [2.75, 3.05) is 6.54 Å². The zero-order chi connectivity index (χ0) is 14.2. The van der Waals surface area contributed by atoms with Gasteiger partial charge in [0, 0.05) is 12.1 Å². The van der Waals surface area contributed by atoms with Crippen molar-refractivity contribution < 1.29 is 8.42 Å². The maximum atomic E-state index is 12.6. The summed E-state index contributed by atoms with van der Waals surface area (Å²) in [6.45, 7) is 0.372. The van der Waals surface area contributed by atoms with E-state index in [1.807, 2.05) is 12.1 Å². The van der Waals surface area contributed by atoms with Crippen LogP contribution in [0, 0.1) is 0 Å². The van der Waals surface area contributed by atoms with Crippen LogP contribution in [0.2, 0.25) is 0 Å². The molecule has 0 bridgehead atoms. The van der Waals surface area contributed by atoms with Crippen LogP contribution in [0.3, 0.4) is 0 Å². The summed E-state index contributed by atoms with van der Waals surface area (Å²) in [4.78, 5) is 0.387. The van der Waals surface area contributed by atoms with Crippen molar-refractivity contribution in [3.63, 3.8) is 0 Å². The van der Waals surface area contributed by atoms with E-state index in [1.54, 1.807) is 6.07 Å². The molecule has 1 fully saturated rings. The van der Waals surface area contributed by atoms with Gasteiger partial charge in [0.15, 0.2) is 0 Å². The summed E-state index contributed by atoms with van der Waals surface area (Å²) >= 11 is 0. The molecule has 0 heterocycles. The van der Waals surface area contributed by atoms with Gasteiger partial charge in [-0.3, -0.25) is 0 Å². The first-order chi connectivity index (χ1) is 9.55. The smallest absolute Gasteiger partial charge is 0.241 e. The normalized spacial score (nSPS) is 20.0. The Morgan fingerprint density at radius 1 is 1.10 bits per heavy atom. The summed E-state index contributed by atoms with van der Waals surface area (Å²) in [6.07, 6.45) is 6.95. The zero-order valence-electron chi connectivity index (χ0n) is 12.1. The number of aryl methyl sites for hydroxylation is 2. The maximum Gasteiger partial charge on any atom is 0.241 e. The SMILES string of the molecule is Cl.NCC1(NS(=O)(=O)c2ccc3c(c2)CCC3)CCCC1. The van der Waals surface area contributed by atoms with Crippen molar-refractivity contribution in [2.24, 2.45) is 5.73 Å². The van der Waals surface area contributed by atoms with Crippen molar-refractivity contribution >= 4 is 22.4 Å². The molecule has 1 aromatic rings. The second-order valence-electron chi connectivity index (χ2n) is 6.08. The summed E-state index contributed by atoms with van der Waals surface area (Å²) in [7, 11) is -3.47. The molecule has 0 unspecified atom stereocenters. The molecule has 0 radical (unpaired) electrons. The van der Waals surface area contributed by atoms with E-state index in [9.17, 15) is 8.42 Å². The summed E-state index contributed by atoms with van der Waals surface area (Å²) < 4.78 is 28.0. The highest BCUT2D eigenvalue weighted by molar-refractivity contribution is 7.89. The third-order valence-electron chi connectivity index (χ3n) is 4.68. The van der Waals surface area contributed by atoms with E-state index in [0.29, 0.717) is 11.4 Å². The molecule has 0 spiro atoms. The lowest BCUT2D eigenvalue weighted by Crippen LogP contribution is -2.51. The lowest BCUT2D eigenvalue weighted by Gasteiger charge is -2.28. The van der Waals surface area contributed by atoms with Crippen LogP contribution in [-0.4, -0.2) is 20.5 Å². The van der Waals surface area contributed by atoms with E-state index >= 15 is 0 Å². The van der Waals surface area contributed by atoms with Crippen molar-refractivity contribution in [1.29, 1.82) is 0 Å². The average Bonchev–Trinajstić information content (AvgIpc) is 3.06. The molecule has 0 saturated heterocycles. The molecule has 2 aliphatic rings. The van der Waals surface area contributed by atoms with Crippen LogP contribution in [0.4, 0.5) is 0 Å². The third-order valence-corrected chi connectivity index (χ3v) is 6.26. The summed E-state index contributed by atoms with van der Waals surface area (Å²) in [5, 5.41) is 0. The minimum absolute atomic E-state index is 0. The van der Waals surface area contributed by atoms with Gasteiger partial charge in [0.05, 0.1) is 4.90 Å². The molecule has 2 aliphatic carbocycles. The van der Waals surface area contributed by atoms with Crippen LogP contribution in [0.5, 0.6) is 0 Å². The van der Waals surface area contributed by atoms with Crippen LogP contribution in [-0.2, 0) is 22.9 Å². The van der Waals surface area contributed by atoms with Gasteiger partial charge in [-0.1, -0.05) is 18.9 Å². The second kappa shape index (κ2) is 6.24. The first-order valence-electron chi connectivity index (χ1n) is 7.41. The van der Waals surface area contributed by atoms with Crippen LogP contribution >= 0.6 is 12.4 Å². The number of sulfonamides is 1. The predicted octanol–water partition coefficient (Wildman–Crippen LogP) is 2.15. The van der Waals surface area contributed by atoms with Crippen LogP contribution in [0.15, 0.2) is 23.1 Å². The molecule has 1 saturated carbocycles. The van der Waals surface area contributed by atoms with E-state index in [0.717, 1.165) is 44.9 Å². The first kappa shape index (κ1) is 16.7. The number of hydrogen-bond acceptors (Lipinski definition) is 3. The number of nitrogens with two attached hydrogens (primary N) is 1. The fraction of sp³-hybridized carbons (Fsp3) is 0.600. The molecular formula is C15H23ClN2O2S. The Morgan fingerprint density at radius 2 is 1.76 bits per heavy atom. The van der Waals surface area contributed by atoms with Crippen LogP contribution < -0.4 is 10.5 Å². The Labute approximate surface area is 133 Å². The van der Waals surface area contributed by atoms with Gasteiger partial charge in [-0.25, -0.2) is 13.1 Å². The quantitative estimate of drug-likeness (QED) is 0.888. The minimum Gasteiger partial charge on any atom is -0.329 e. The van der Waals surface area contributed by atoms with Gasteiger partial charge in [-0.15, -0.1) is 12.4 Å². The third kappa shape index (κ3) is 3.26. The molecule has 4 nitrogen and oxygen atoms in total. The van der Waals surface area contributed by atoms with Crippen LogP contribution in [0.1, 0.15) is 43.2 Å². The standard InChI is InChI=1S/C15H22N2O2S.ClH/c16-11-15(8-1-2-9-15)17-20(18,19)14-7-6-12-4-3-5-13(12)10-14;/h6-7,10,17H,1-5,8-9,11,16H2;1H. The molecule has 0 aliphatic heterocycles. The molecule has 21 heavy (non-hydrogen) atoms. The van der Waals surface area contributed by atoms with E-state index in [4.69, 9.17) is 5.73 Å². The lowest BCUT2D eigenvalue weighted by atomic mass is 10.0. The molecule has 3 N–H and O–H groups in total. The molecule has 3 rings (SSSR count). The van der Waals surface area contributed by atoms with Gasteiger partial charge in [0.2, 0.25) is 10.0 Å². The number of nitrogens with one attached hydrogen (secondary N) is 1. The fourth-order valence-electron chi connectivity index (χ4n) is 3.46. The molecule has 1 aromatic carbocycles. The van der Waals surface area contributed by atoms with Crippen molar-refractivity contribution in [3.8, 4) is 0 Å². The van der Waals surface area contributed by atoms with E-state index in [1.165, 1.54) is 11.1 Å². The molecule has 118 valence electrons. The Morgan fingerprint density at radius 3 is 2.43 bits per heavy atom. The van der Waals surface area contributed by atoms with Gasteiger partial charge in [-0.05, 0) is 55.4 Å². The van der Waals surface area contributed by atoms with Crippen molar-refractivity contribution in [2.45, 2.75) is 55.4 Å². The second-order valence-corrected chi connectivity index (χ2v) is 7.76. The van der Waals surface area contributed by atoms with Gasteiger partial charge < -0.3 is 5.73 Å². The Kier molecular flexibility index (Phi) is 4.98. The topological polar surface area (TPSA) is 72.2 Å². The minimum atomic E-state index is -3.47. The fourth-order valence-corrected chi connectivity index (χ4v) is 4.98. The highest BCUT2D eigenvalue weighted by Gasteiger charge is 2.36. The van der Waals surface area contributed by atoms with E-state index in [2.05, 4.69) is 4.72 Å². The Bertz CT molecular complexity index is 610. The average molecular weight is 331 g/mol. The first-order valence-corrected chi connectivity index (χ1v) is 8.89. The number of hydrogen-bond donors (Lipinski definition) is 2. The monoisotopic (exact) mass is 330 g/mol. The number of halogens is 1. The molecule has 0 aromatic heterocycles. The summed E-state index contributed by atoms with van der Waals surface area (Å²) in [6, 6.07) is 5.52. The number of benzene rings is 1. The summed E-state index contributed by atoms with van der Waals surface area (Å²) in [5.41, 5.74) is 7.86. The number of rotatable bonds is 4. The molecular weight excluding hydrogens is 308 g/mol. The highest BCUT2D eigenvalue weighted by Crippen LogP contribution is 2.31. The number of fused-ring (bicyclic) bond motifs is 1. The molecule has 0 amide bonds. The van der Waals surface area contributed by atoms with Crippen molar-refractivity contribution in [3.05, 3.63) is 29.3 Å². The Balaban J connectivity index is 0.00000161. The van der Waals surface area contributed by atoms with E-state index < -0.39 is 15.6 Å². The molecule has 0 atom stereocenters. The van der Waals surface area contributed by atoms with Gasteiger partial charge in [0.1, 0.15) is 0 Å². The highest BCUT2D eigenvalue weighted by atomic mass is 35.5. The predicted molar refractivity (Wildman–Crippen MR) is 86.3 cm³/mol. The van der Waals surface area contributed by atoms with Crippen LogP contribution in [0.25, 0.3) is 0 Å². The zero-order valence-corrected chi connectivity index (χ0v) is 13.7. The Hall–Kier alpha value is -0.620.